The molecular formula is C16H25N3O2. The molecule has 1 amide bonds. The van der Waals surface area contributed by atoms with Gasteiger partial charge in [-0.25, -0.2) is 0 Å². The molecule has 0 saturated carbocycles. The highest BCUT2D eigenvalue weighted by molar-refractivity contribution is 5.98. The molecule has 21 heavy (non-hydrogen) atoms. The van der Waals surface area contributed by atoms with Crippen LogP contribution in [0.1, 0.15) is 30.1 Å². The van der Waals surface area contributed by atoms with Crippen LogP contribution in [0.4, 0.5) is 5.69 Å². The smallest absolute Gasteiger partial charge is 0.257 e. The summed E-state index contributed by atoms with van der Waals surface area (Å²) < 4.78 is 5.55. The van der Waals surface area contributed by atoms with Crippen LogP contribution in [0, 0.1) is 0 Å². The molecule has 1 atom stereocenters. The number of benzene rings is 1. The van der Waals surface area contributed by atoms with Crippen molar-refractivity contribution in [3.63, 3.8) is 0 Å². The van der Waals surface area contributed by atoms with Crippen LogP contribution in [0.3, 0.4) is 0 Å². The zero-order valence-corrected chi connectivity index (χ0v) is 13.1. The highest BCUT2D eigenvalue weighted by Crippen LogP contribution is 2.27. The van der Waals surface area contributed by atoms with E-state index in [9.17, 15) is 4.79 Å². The molecule has 5 nitrogen and oxygen atoms in total. The van der Waals surface area contributed by atoms with Crippen molar-refractivity contribution in [1.29, 1.82) is 0 Å². The van der Waals surface area contributed by atoms with Crippen molar-refractivity contribution in [2.24, 2.45) is 0 Å². The summed E-state index contributed by atoms with van der Waals surface area (Å²) in [6, 6.07) is 5.77. The summed E-state index contributed by atoms with van der Waals surface area (Å²) in [5.74, 6) is 0.461. The Labute approximate surface area is 126 Å². The fourth-order valence-corrected chi connectivity index (χ4v) is 2.84. The SMILES string of the molecule is CCOc1c(N)cccc1C(=O)N(C)CC1CCCN1C. The van der Waals surface area contributed by atoms with Gasteiger partial charge in [0.1, 0.15) is 0 Å². The van der Waals surface area contributed by atoms with Gasteiger partial charge < -0.3 is 20.3 Å². The van der Waals surface area contributed by atoms with E-state index in [2.05, 4.69) is 11.9 Å². The molecule has 2 N–H and O–H groups in total. The maximum Gasteiger partial charge on any atom is 0.257 e. The minimum absolute atomic E-state index is 0.0361. The average molecular weight is 291 g/mol. The number of ether oxygens (including phenoxy) is 1. The minimum Gasteiger partial charge on any atom is -0.491 e. The molecule has 0 aromatic heterocycles. The second-order valence-corrected chi connectivity index (χ2v) is 5.62. The van der Waals surface area contributed by atoms with Gasteiger partial charge in [-0.3, -0.25) is 4.79 Å². The van der Waals surface area contributed by atoms with E-state index in [1.807, 2.05) is 14.0 Å². The lowest BCUT2D eigenvalue weighted by Crippen LogP contribution is -2.39. The molecule has 1 fully saturated rings. The number of hydrogen-bond acceptors (Lipinski definition) is 4. The van der Waals surface area contributed by atoms with Crippen LogP contribution in [0.2, 0.25) is 0 Å². The third-order valence-corrected chi connectivity index (χ3v) is 4.07. The average Bonchev–Trinajstić information content (AvgIpc) is 2.86. The zero-order valence-electron chi connectivity index (χ0n) is 13.1. The van der Waals surface area contributed by atoms with Gasteiger partial charge in [0.2, 0.25) is 0 Å². The first kappa shape index (κ1) is 15.6. The van der Waals surface area contributed by atoms with Gasteiger partial charge in [0.05, 0.1) is 17.9 Å². The van der Waals surface area contributed by atoms with Gasteiger partial charge in [0, 0.05) is 19.6 Å². The predicted octanol–water partition coefficient (Wildman–Crippen LogP) is 1.83. The monoisotopic (exact) mass is 291 g/mol. The van der Waals surface area contributed by atoms with Crippen LogP contribution in [-0.4, -0.2) is 55.5 Å². The minimum atomic E-state index is -0.0361. The zero-order chi connectivity index (χ0) is 15.4. The summed E-state index contributed by atoms with van der Waals surface area (Å²) in [4.78, 5) is 16.7. The molecule has 1 aromatic rings. The van der Waals surface area contributed by atoms with E-state index in [4.69, 9.17) is 10.5 Å². The van der Waals surface area contributed by atoms with Crippen LogP contribution < -0.4 is 10.5 Å². The molecule has 1 heterocycles. The first-order valence-electron chi connectivity index (χ1n) is 7.51. The number of nitrogens with two attached hydrogens (primary N) is 1. The molecule has 1 saturated heterocycles. The Morgan fingerprint density at radius 2 is 2.29 bits per heavy atom. The van der Waals surface area contributed by atoms with Gasteiger partial charge in [-0.2, -0.15) is 0 Å². The molecule has 0 radical (unpaired) electrons. The van der Waals surface area contributed by atoms with E-state index in [1.54, 1.807) is 23.1 Å². The van der Waals surface area contributed by atoms with Gasteiger partial charge in [-0.05, 0) is 45.5 Å². The Morgan fingerprint density at radius 3 is 2.90 bits per heavy atom. The maximum atomic E-state index is 12.7. The normalized spacial score (nSPS) is 18.7. The summed E-state index contributed by atoms with van der Waals surface area (Å²) in [6.45, 7) is 4.21. The first-order valence-corrected chi connectivity index (χ1v) is 7.51. The number of likely N-dealkylation sites (tertiary alicyclic amines) is 1. The standard InChI is InChI=1S/C16H25N3O2/c1-4-21-15-13(8-5-9-14(15)17)16(20)19(3)11-12-7-6-10-18(12)2/h5,8-9,12H,4,6-7,10-11,17H2,1-3H3. The predicted molar refractivity (Wildman–Crippen MR) is 84.6 cm³/mol. The molecule has 1 aliphatic heterocycles. The lowest BCUT2D eigenvalue weighted by molar-refractivity contribution is 0.0757. The van der Waals surface area contributed by atoms with Crippen molar-refractivity contribution in [3.05, 3.63) is 23.8 Å². The fourth-order valence-electron chi connectivity index (χ4n) is 2.84. The number of carbonyl (C=O) groups is 1. The topological polar surface area (TPSA) is 58.8 Å². The molecule has 1 unspecified atom stereocenters. The molecule has 5 heteroatoms. The fraction of sp³-hybridized carbons (Fsp3) is 0.562. The van der Waals surface area contributed by atoms with Crippen LogP contribution >= 0.6 is 0 Å². The first-order chi connectivity index (χ1) is 10.0. The molecule has 1 aromatic carbocycles. The van der Waals surface area contributed by atoms with Gasteiger partial charge in [0.25, 0.3) is 5.91 Å². The highest BCUT2D eigenvalue weighted by Gasteiger charge is 2.25. The van der Waals surface area contributed by atoms with E-state index in [0.717, 1.165) is 19.5 Å². The van der Waals surface area contributed by atoms with Crippen LogP contribution in [-0.2, 0) is 0 Å². The molecule has 2 rings (SSSR count). The molecule has 0 spiro atoms. The number of likely N-dealkylation sites (N-methyl/N-ethyl adjacent to an activating group) is 2. The van der Waals surface area contributed by atoms with Gasteiger partial charge in [-0.15, -0.1) is 0 Å². The van der Waals surface area contributed by atoms with Crippen molar-refractivity contribution in [3.8, 4) is 5.75 Å². The third-order valence-electron chi connectivity index (χ3n) is 4.07. The van der Waals surface area contributed by atoms with Crippen molar-refractivity contribution in [2.45, 2.75) is 25.8 Å². The number of anilines is 1. The van der Waals surface area contributed by atoms with E-state index in [0.29, 0.717) is 29.6 Å². The largest absolute Gasteiger partial charge is 0.491 e. The summed E-state index contributed by atoms with van der Waals surface area (Å²) in [5.41, 5.74) is 6.98. The van der Waals surface area contributed by atoms with Crippen molar-refractivity contribution in [2.75, 3.05) is 39.5 Å². The molecule has 1 aliphatic rings. The number of hydrogen-bond donors (Lipinski definition) is 1. The number of nitrogens with zero attached hydrogens (tertiary/aromatic N) is 2. The van der Waals surface area contributed by atoms with Crippen molar-refractivity contribution < 1.29 is 9.53 Å². The maximum absolute atomic E-state index is 12.7. The van der Waals surface area contributed by atoms with Gasteiger partial charge >= 0.3 is 0 Å². The lowest BCUT2D eigenvalue weighted by Gasteiger charge is -2.26. The Balaban J connectivity index is 2.13. The van der Waals surface area contributed by atoms with Crippen molar-refractivity contribution >= 4 is 11.6 Å². The Morgan fingerprint density at radius 1 is 1.52 bits per heavy atom. The van der Waals surface area contributed by atoms with Crippen LogP contribution in [0.25, 0.3) is 0 Å². The van der Waals surface area contributed by atoms with E-state index < -0.39 is 0 Å². The summed E-state index contributed by atoms with van der Waals surface area (Å²) >= 11 is 0. The molecule has 116 valence electrons. The lowest BCUT2D eigenvalue weighted by atomic mass is 10.1. The Bertz CT molecular complexity index is 504. The van der Waals surface area contributed by atoms with E-state index in [1.165, 1.54) is 6.42 Å². The van der Waals surface area contributed by atoms with Crippen LogP contribution in [0.5, 0.6) is 5.75 Å². The summed E-state index contributed by atoms with van der Waals surface area (Å²) in [6.07, 6.45) is 2.34. The summed E-state index contributed by atoms with van der Waals surface area (Å²) in [7, 11) is 3.95. The van der Waals surface area contributed by atoms with Gasteiger partial charge in [-0.1, -0.05) is 6.07 Å². The van der Waals surface area contributed by atoms with E-state index in [-0.39, 0.29) is 5.91 Å². The van der Waals surface area contributed by atoms with Crippen molar-refractivity contribution in [1.82, 2.24) is 9.80 Å². The second-order valence-electron chi connectivity index (χ2n) is 5.62. The molecule has 0 aliphatic carbocycles. The van der Waals surface area contributed by atoms with Gasteiger partial charge in [0.15, 0.2) is 5.75 Å². The second kappa shape index (κ2) is 6.80. The number of para-hydroxylation sites is 1. The Kier molecular flexibility index (Phi) is 5.07. The highest BCUT2D eigenvalue weighted by atomic mass is 16.5. The molecular weight excluding hydrogens is 266 g/mol. The van der Waals surface area contributed by atoms with Crippen LogP contribution in [0.15, 0.2) is 18.2 Å². The number of nitrogen functional groups attached to an aromatic ring is 1. The van der Waals surface area contributed by atoms with E-state index >= 15 is 0 Å². The number of rotatable bonds is 5. The quantitative estimate of drug-likeness (QED) is 0.841. The third kappa shape index (κ3) is 3.47. The molecule has 0 bridgehead atoms. The number of carbonyl (C=O) groups excluding carboxylic acids is 1. The summed E-state index contributed by atoms with van der Waals surface area (Å²) in [5, 5.41) is 0. The number of amides is 1. The Hall–Kier alpha value is -1.75.